The van der Waals surface area contributed by atoms with Crippen LogP contribution >= 0.6 is 0 Å². The molecule has 2 rings (SSSR count). The number of carboxylic acid groups (broad SMARTS) is 1. The first-order valence-corrected chi connectivity index (χ1v) is 6.96. The van der Waals surface area contributed by atoms with Gasteiger partial charge in [-0.05, 0) is 24.6 Å². The van der Waals surface area contributed by atoms with Crippen LogP contribution in [0, 0.1) is 12.7 Å². The van der Waals surface area contributed by atoms with Crippen molar-refractivity contribution in [3.05, 3.63) is 29.6 Å². The molecular formula is C15H18FNO5. The highest BCUT2D eigenvalue weighted by Gasteiger charge is 2.26. The molecule has 0 aliphatic carbocycles. The first-order valence-electron chi connectivity index (χ1n) is 6.96. The summed E-state index contributed by atoms with van der Waals surface area (Å²) in [7, 11) is 0. The second kappa shape index (κ2) is 7.22. The minimum Gasteiger partial charge on any atom is -0.481 e. The molecule has 6 nitrogen and oxygen atoms in total. The summed E-state index contributed by atoms with van der Waals surface area (Å²) < 4.78 is 24.0. The SMILES string of the molecule is Cc1ccc(F)c(OCC(=O)N2CCOC(CC(=O)O)C2)c1. The van der Waals surface area contributed by atoms with Crippen molar-refractivity contribution >= 4 is 11.9 Å². The van der Waals surface area contributed by atoms with Gasteiger partial charge in [0.25, 0.3) is 5.91 Å². The molecule has 1 heterocycles. The van der Waals surface area contributed by atoms with Gasteiger partial charge in [0.2, 0.25) is 0 Å². The summed E-state index contributed by atoms with van der Waals surface area (Å²) in [4.78, 5) is 24.2. The maximum absolute atomic E-state index is 13.5. The molecule has 120 valence electrons. The van der Waals surface area contributed by atoms with Crippen LogP contribution in [-0.4, -0.2) is 54.3 Å². The zero-order chi connectivity index (χ0) is 16.1. The minimum atomic E-state index is -0.975. The molecule has 7 heteroatoms. The molecular weight excluding hydrogens is 293 g/mol. The van der Waals surface area contributed by atoms with Crippen molar-refractivity contribution in [2.75, 3.05) is 26.3 Å². The smallest absolute Gasteiger partial charge is 0.306 e. The first-order chi connectivity index (χ1) is 10.5. The van der Waals surface area contributed by atoms with Crippen LogP contribution in [0.4, 0.5) is 4.39 Å². The molecule has 0 spiro atoms. The van der Waals surface area contributed by atoms with Crippen molar-refractivity contribution in [2.45, 2.75) is 19.4 Å². The fourth-order valence-corrected chi connectivity index (χ4v) is 2.22. The molecule has 1 saturated heterocycles. The van der Waals surface area contributed by atoms with Crippen molar-refractivity contribution in [3.8, 4) is 5.75 Å². The van der Waals surface area contributed by atoms with Crippen LogP contribution in [0.3, 0.4) is 0 Å². The highest BCUT2D eigenvalue weighted by atomic mass is 19.1. The molecule has 1 aliphatic heterocycles. The van der Waals surface area contributed by atoms with Crippen LogP contribution in [0.5, 0.6) is 5.75 Å². The highest BCUT2D eigenvalue weighted by Crippen LogP contribution is 2.18. The van der Waals surface area contributed by atoms with Gasteiger partial charge in [0.15, 0.2) is 18.2 Å². The van der Waals surface area contributed by atoms with Gasteiger partial charge in [0.1, 0.15) is 0 Å². The molecule has 1 aromatic rings. The van der Waals surface area contributed by atoms with Gasteiger partial charge in [0.05, 0.1) is 19.1 Å². The van der Waals surface area contributed by atoms with E-state index in [0.29, 0.717) is 6.54 Å². The van der Waals surface area contributed by atoms with E-state index in [1.54, 1.807) is 13.0 Å². The Bertz CT molecular complexity index is 563. The number of nitrogens with zero attached hydrogens (tertiary/aromatic N) is 1. The molecule has 0 bridgehead atoms. The monoisotopic (exact) mass is 311 g/mol. The lowest BCUT2D eigenvalue weighted by atomic mass is 10.2. The molecule has 1 fully saturated rings. The Kier molecular flexibility index (Phi) is 5.32. The third-order valence-electron chi connectivity index (χ3n) is 3.33. The number of aryl methyl sites for hydroxylation is 1. The number of hydrogen-bond donors (Lipinski definition) is 1. The number of carbonyl (C=O) groups excluding carboxylic acids is 1. The highest BCUT2D eigenvalue weighted by molar-refractivity contribution is 5.78. The summed E-state index contributed by atoms with van der Waals surface area (Å²) in [6, 6.07) is 4.42. The molecule has 0 radical (unpaired) electrons. The van der Waals surface area contributed by atoms with Crippen molar-refractivity contribution < 1.29 is 28.6 Å². The molecule has 1 aromatic carbocycles. The predicted octanol–water partition coefficient (Wildman–Crippen LogP) is 1.22. The number of carbonyl (C=O) groups is 2. The van der Waals surface area contributed by atoms with Crippen molar-refractivity contribution in [2.24, 2.45) is 0 Å². The fourth-order valence-electron chi connectivity index (χ4n) is 2.22. The van der Waals surface area contributed by atoms with E-state index in [0.717, 1.165) is 5.56 Å². The molecule has 0 saturated carbocycles. The maximum Gasteiger partial charge on any atom is 0.306 e. The number of aliphatic carboxylic acids is 1. The summed E-state index contributed by atoms with van der Waals surface area (Å²) in [5, 5.41) is 8.75. The number of benzene rings is 1. The average molecular weight is 311 g/mol. The Morgan fingerprint density at radius 2 is 2.27 bits per heavy atom. The molecule has 1 atom stereocenters. The van der Waals surface area contributed by atoms with Gasteiger partial charge < -0.3 is 19.5 Å². The van der Waals surface area contributed by atoms with Gasteiger partial charge in [-0.1, -0.05) is 6.07 Å². The van der Waals surface area contributed by atoms with Crippen LogP contribution < -0.4 is 4.74 Å². The Hall–Kier alpha value is -2.15. The van der Waals surface area contributed by atoms with Gasteiger partial charge >= 0.3 is 5.97 Å². The third kappa shape index (κ3) is 4.42. The first kappa shape index (κ1) is 16.2. The summed E-state index contributed by atoms with van der Waals surface area (Å²) >= 11 is 0. The lowest BCUT2D eigenvalue weighted by Gasteiger charge is -2.32. The van der Waals surface area contributed by atoms with E-state index in [1.807, 2.05) is 0 Å². The molecule has 0 aromatic heterocycles. The lowest BCUT2D eigenvalue weighted by Crippen LogP contribution is -2.47. The zero-order valence-electron chi connectivity index (χ0n) is 12.3. The van der Waals surface area contributed by atoms with E-state index in [-0.39, 0.29) is 37.8 Å². The average Bonchev–Trinajstić information content (AvgIpc) is 2.47. The van der Waals surface area contributed by atoms with Crippen molar-refractivity contribution in [3.63, 3.8) is 0 Å². The Morgan fingerprint density at radius 1 is 1.50 bits per heavy atom. The Labute approximate surface area is 127 Å². The third-order valence-corrected chi connectivity index (χ3v) is 3.33. The largest absolute Gasteiger partial charge is 0.481 e. The standard InChI is InChI=1S/C15H18FNO5/c1-10-2-3-12(16)13(6-10)22-9-14(18)17-4-5-21-11(8-17)7-15(19)20/h2-3,6,11H,4-5,7-9H2,1H3,(H,19,20). The fraction of sp³-hybridized carbons (Fsp3) is 0.467. The van der Waals surface area contributed by atoms with Crippen molar-refractivity contribution in [1.82, 2.24) is 4.90 Å². The minimum absolute atomic E-state index is 0.0312. The van der Waals surface area contributed by atoms with Crippen LogP contribution in [0.1, 0.15) is 12.0 Å². The summed E-state index contributed by atoms with van der Waals surface area (Å²) in [6.45, 7) is 2.36. The number of amides is 1. The molecule has 1 unspecified atom stereocenters. The van der Waals surface area contributed by atoms with Crippen LogP contribution in [0.2, 0.25) is 0 Å². The lowest BCUT2D eigenvalue weighted by molar-refractivity contribution is -0.148. The number of morpholine rings is 1. The van der Waals surface area contributed by atoms with Gasteiger partial charge in [0, 0.05) is 13.1 Å². The predicted molar refractivity (Wildman–Crippen MR) is 75.2 cm³/mol. The molecule has 1 N–H and O–H groups in total. The topological polar surface area (TPSA) is 76.1 Å². The molecule has 1 aliphatic rings. The van der Waals surface area contributed by atoms with Crippen molar-refractivity contribution in [1.29, 1.82) is 0 Å². The van der Waals surface area contributed by atoms with Gasteiger partial charge in [-0.15, -0.1) is 0 Å². The Balaban J connectivity index is 1.89. The van der Waals surface area contributed by atoms with Gasteiger partial charge in [-0.25, -0.2) is 4.39 Å². The number of ether oxygens (including phenoxy) is 2. The van der Waals surface area contributed by atoms with E-state index in [4.69, 9.17) is 14.6 Å². The quantitative estimate of drug-likeness (QED) is 0.884. The second-order valence-corrected chi connectivity index (χ2v) is 5.15. The van der Waals surface area contributed by atoms with Crippen LogP contribution in [0.25, 0.3) is 0 Å². The van der Waals surface area contributed by atoms with Gasteiger partial charge in [-0.2, -0.15) is 0 Å². The van der Waals surface area contributed by atoms with E-state index >= 15 is 0 Å². The summed E-state index contributed by atoms with van der Waals surface area (Å²) in [5.74, 6) is -1.79. The van der Waals surface area contributed by atoms with Gasteiger partial charge in [-0.3, -0.25) is 9.59 Å². The Morgan fingerprint density at radius 3 is 3.00 bits per heavy atom. The zero-order valence-corrected chi connectivity index (χ0v) is 12.3. The molecule has 22 heavy (non-hydrogen) atoms. The molecule has 1 amide bonds. The number of hydrogen-bond acceptors (Lipinski definition) is 4. The second-order valence-electron chi connectivity index (χ2n) is 5.15. The number of carboxylic acids is 1. The maximum atomic E-state index is 13.5. The van der Waals surface area contributed by atoms with E-state index in [2.05, 4.69) is 0 Å². The number of rotatable bonds is 5. The van der Waals surface area contributed by atoms with E-state index in [1.165, 1.54) is 17.0 Å². The van der Waals surface area contributed by atoms with E-state index in [9.17, 15) is 14.0 Å². The summed E-state index contributed by atoms with van der Waals surface area (Å²) in [5.41, 5.74) is 0.830. The normalized spacial score (nSPS) is 18.1. The van der Waals surface area contributed by atoms with Crippen LogP contribution in [-0.2, 0) is 14.3 Å². The van der Waals surface area contributed by atoms with Crippen LogP contribution in [0.15, 0.2) is 18.2 Å². The number of halogens is 1. The summed E-state index contributed by atoms with van der Waals surface area (Å²) in [6.07, 6.45) is -0.678. The van der Waals surface area contributed by atoms with E-state index < -0.39 is 17.9 Å².